The van der Waals surface area contributed by atoms with Crippen molar-refractivity contribution >= 4 is 33.7 Å². The molecule has 2 heterocycles. The van der Waals surface area contributed by atoms with E-state index in [-0.39, 0.29) is 29.0 Å². The lowest BCUT2D eigenvalue weighted by atomic mass is 9.95. The Labute approximate surface area is 255 Å². The Hall–Kier alpha value is -4.30. The molecule has 0 saturated carbocycles. The molecule has 44 heavy (non-hydrogen) atoms. The Morgan fingerprint density at radius 1 is 1.23 bits per heavy atom. The van der Waals surface area contributed by atoms with Gasteiger partial charge < -0.3 is 25.6 Å². The molecular formula is C30H37N5O8S. The van der Waals surface area contributed by atoms with Crippen molar-refractivity contribution in [2.45, 2.75) is 51.8 Å². The summed E-state index contributed by atoms with van der Waals surface area (Å²) in [7, 11) is -3.98. The summed E-state index contributed by atoms with van der Waals surface area (Å²) in [6.07, 6.45) is 6.73. The van der Waals surface area contributed by atoms with Gasteiger partial charge in [0.1, 0.15) is 0 Å². The number of nitrogens with one attached hydrogen (secondary N) is 3. The summed E-state index contributed by atoms with van der Waals surface area (Å²) in [4.78, 5) is 53.6. The zero-order chi connectivity index (χ0) is 32.3. The number of nitro groups is 1. The molecule has 14 heteroatoms. The number of likely N-dealkylation sites (N-methyl/N-ethyl adjacent to an activating group) is 1. The van der Waals surface area contributed by atoms with Gasteiger partial charge in [-0.15, -0.1) is 0 Å². The third-order valence-electron chi connectivity index (χ3n) is 8.28. The normalized spacial score (nSPS) is 20.8. The van der Waals surface area contributed by atoms with Gasteiger partial charge in [-0.2, -0.15) is 0 Å². The van der Waals surface area contributed by atoms with Gasteiger partial charge >= 0.3 is 5.97 Å². The fourth-order valence-corrected chi connectivity index (χ4v) is 7.38. The molecule has 0 spiro atoms. The van der Waals surface area contributed by atoms with E-state index in [1.807, 2.05) is 0 Å². The molecule has 236 valence electrons. The van der Waals surface area contributed by atoms with Gasteiger partial charge in [0.05, 0.1) is 28.6 Å². The van der Waals surface area contributed by atoms with E-state index < -0.39 is 50.1 Å². The second-order valence-electron chi connectivity index (χ2n) is 11.0. The number of carboxylic acids is 1. The van der Waals surface area contributed by atoms with Crippen LogP contribution in [0.3, 0.4) is 0 Å². The molecule has 0 aromatic carbocycles. The Morgan fingerprint density at radius 2 is 1.93 bits per heavy atom. The minimum atomic E-state index is -3.98. The summed E-state index contributed by atoms with van der Waals surface area (Å²) in [5.41, 5.74) is 3.21. The first-order chi connectivity index (χ1) is 20.8. The number of sulfone groups is 1. The molecule has 0 bridgehead atoms. The van der Waals surface area contributed by atoms with E-state index in [0.717, 1.165) is 19.6 Å². The molecule has 4 N–H and O–H groups in total. The van der Waals surface area contributed by atoms with Crippen LogP contribution in [0.25, 0.3) is 6.08 Å². The number of carboxylic acid groups (broad SMARTS) is 1. The number of allylic oxidation sites excluding steroid dienone is 4. The summed E-state index contributed by atoms with van der Waals surface area (Å²) in [6.45, 7) is 10.6. The van der Waals surface area contributed by atoms with E-state index in [1.54, 1.807) is 26.0 Å². The van der Waals surface area contributed by atoms with Crippen molar-refractivity contribution in [1.29, 1.82) is 0 Å². The maximum Gasteiger partial charge on any atom is 0.331 e. The van der Waals surface area contributed by atoms with E-state index in [4.69, 9.17) is 0 Å². The number of aromatic nitrogens is 1. The number of carbonyl (C=O) groups is 3. The van der Waals surface area contributed by atoms with Crippen molar-refractivity contribution in [2.24, 2.45) is 0 Å². The minimum Gasteiger partial charge on any atom is -0.478 e. The van der Waals surface area contributed by atoms with Gasteiger partial charge in [0, 0.05) is 51.8 Å². The number of fused-ring (bicyclic) bond motifs is 1. The van der Waals surface area contributed by atoms with Crippen LogP contribution in [0.15, 0.2) is 52.3 Å². The summed E-state index contributed by atoms with van der Waals surface area (Å²) >= 11 is 0. The number of aromatic amines is 1. The smallest absolute Gasteiger partial charge is 0.331 e. The molecule has 3 aliphatic rings. The highest BCUT2D eigenvalue weighted by Crippen LogP contribution is 2.35. The molecule has 1 saturated heterocycles. The van der Waals surface area contributed by atoms with Crippen molar-refractivity contribution in [3.8, 4) is 0 Å². The van der Waals surface area contributed by atoms with Gasteiger partial charge in [-0.1, -0.05) is 38.2 Å². The third-order valence-corrected chi connectivity index (χ3v) is 10.3. The lowest BCUT2D eigenvalue weighted by molar-refractivity contribution is -0.511. The Kier molecular flexibility index (Phi) is 9.74. The minimum absolute atomic E-state index is 0.00459. The SMILES string of the molecule is CCN(CC)CCNC(=O)c1c(C)[nH]c(/C=C2\C(=O)NC3=CCC(S(=O)(=O)CC4=CC=C(C(=O)O)CC4[N+](=O)[O-])C=C32)c1C. The lowest BCUT2D eigenvalue weighted by Gasteiger charge is -2.21. The maximum absolute atomic E-state index is 13.5. The molecule has 1 fully saturated rings. The van der Waals surface area contributed by atoms with Gasteiger partial charge in [0.25, 0.3) is 11.8 Å². The van der Waals surface area contributed by atoms with Crippen LogP contribution in [0.4, 0.5) is 0 Å². The van der Waals surface area contributed by atoms with E-state index in [2.05, 4.69) is 34.4 Å². The first-order valence-electron chi connectivity index (χ1n) is 14.4. The highest BCUT2D eigenvalue weighted by molar-refractivity contribution is 7.92. The van der Waals surface area contributed by atoms with Crippen LogP contribution in [0.1, 0.15) is 54.0 Å². The second kappa shape index (κ2) is 13.1. The van der Waals surface area contributed by atoms with Gasteiger partial charge in [0.15, 0.2) is 9.84 Å². The predicted octanol–water partition coefficient (Wildman–Crippen LogP) is 2.20. The molecule has 1 aromatic heterocycles. The van der Waals surface area contributed by atoms with Gasteiger partial charge in [-0.3, -0.25) is 19.7 Å². The van der Waals surface area contributed by atoms with E-state index >= 15 is 0 Å². The van der Waals surface area contributed by atoms with Crippen molar-refractivity contribution in [3.05, 3.63) is 84.9 Å². The summed E-state index contributed by atoms with van der Waals surface area (Å²) in [6, 6.07) is -1.46. The number of nitrogens with zero attached hydrogens (tertiary/aromatic N) is 2. The average Bonchev–Trinajstić information content (AvgIpc) is 3.43. The fraction of sp³-hybridized carbons (Fsp3) is 0.433. The number of aryl methyl sites for hydroxylation is 1. The molecule has 2 unspecified atom stereocenters. The number of hydrogen-bond acceptors (Lipinski definition) is 8. The molecule has 2 atom stereocenters. The summed E-state index contributed by atoms with van der Waals surface area (Å²) < 4.78 is 26.9. The number of H-pyrrole nitrogens is 1. The highest BCUT2D eigenvalue weighted by Gasteiger charge is 2.38. The van der Waals surface area contributed by atoms with Crippen LogP contribution in [-0.2, 0) is 19.4 Å². The van der Waals surface area contributed by atoms with Crippen molar-refractivity contribution in [1.82, 2.24) is 20.5 Å². The number of amides is 2. The Morgan fingerprint density at radius 3 is 2.57 bits per heavy atom. The second-order valence-corrected chi connectivity index (χ2v) is 13.2. The Balaban J connectivity index is 1.58. The van der Waals surface area contributed by atoms with Crippen LogP contribution in [0.2, 0.25) is 0 Å². The fourth-order valence-electron chi connectivity index (χ4n) is 5.68. The van der Waals surface area contributed by atoms with Gasteiger partial charge in [-0.25, -0.2) is 13.2 Å². The quantitative estimate of drug-likeness (QED) is 0.153. The van der Waals surface area contributed by atoms with E-state index in [1.165, 1.54) is 18.2 Å². The monoisotopic (exact) mass is 627 g/mol. The number of rotatable bonds is 12. The van der Waals surface area contributed by atoms with Crippen molar-refractivity contribution in [2.75, 3.05) is 31.9 Å². The summed E-state index contributed by atoms with van der Waals surface area (Å²) in [5.74, 6) is -2.57. The number of aliphatic carboxylic acids is 1. The van der Waals surface area contributed by atoms with Crippen molar-refractivity contribution < 1.29 is 32.8 Å². The largest absolute Gasteiger partial charge is 0.478 e. The van der Waals surface area contributed by atoms with E-state index in [9.17, 15) is 38.0 Å². The zero-order valence-corrected chi connectivity index (χ0v) is 25.9. The first kappa shape index (κ1) is 32.6. The molecule has 4 rings (SSSR count). The maximum atomic E-state index is 13.5. The zero-order valence-electron chi connectivity index (χ0n) is 25.1. The number of hydrogen-bond donors (Lipinski definition) is 4. The van der Waals surface area contributed by atoms with Crippen LogP contribution in [0.5, 0.6) is 0 Å². The van der Waals surface area contributed by atoms with E-state index in [0.29, 0.717) is 40.3 Å². The van der Waals surface area contributed by atoms with Gasteiger partial charge in [0.2, 0.25) is 6.04 Å². The Bertz CT molecular complexity index is 1660. The molecule has 0 radical (unpaired) electrons. The molecule has 1 aromatic rings. The molecule has 1 aliphatic heterocycles. The van der Waals surface area contributed by atoms with Crippen molar-refractivity contribution in [3.63, 3.8) is 0 Å². The topological polar surface area (TPSA) is 192 Å². The summed E-state index contributed by atoms with van der Waals surface area (Å²) in [5, 5.41) is 25.5. The number of carbonyl (C=O) groups excluding carboxylic acids is 2. The molecular weight excluding hydrogens is 590 g/mol. The average molecular weight is 628 g/mol. The standard InChI is InChI=1S/C30H37N5O8S/c1-5-34(6-2)12-11-31-29(37)27-17(3)25(32-18(27)4)15-23-22-14-21(9-10-24(22)33-28(23)36)44(42,43)16-20-8-7-19(30(38)39)13-26(20)35(40)41/h7-8,10,14-15,21,26,32H,5-6,9,11-13,16H2,1-4H3,(H,31,37)(H,33,36)(H,38,39)/b23-15-. The molecule has 2 aliphatic carbocycles. The molecule has 13 nitrogen and oxygen atoms in total. The van der Waals surface area contributed by atoms with Crippen LogP contribution >= 0.6 is 0 Å². The molecule has 2 amide bonds. The predicted molar refractivity (Wildman–Crippen MR) is 164 cm³/mol. The third kappa shape index (κ3) is 6.76. The van der Waals surface area contributed by atoms with Crippen LogP contribution in [-0.4, -0.2) is 89.3 Å². The van der Waals surface area contributed by atoms with Gasteiger partial charge in [-0.05, 0) is 45.0 Å². The van der Waals surface area contributed by atoms with Crippen LogP contribution in [0, 0.1) is 24.0 Å². The highest BCUT2D eigenvalue weighted by atomic mass is 32.2. The van der Waals surface area contributed by atoms with Crippen LogP contribution < -0.4 is 10.6 Å². The first-order valence-corrected chi connectivity index (χ1v) is 16.1. The lowest BCUT2D eigenvalue weighted by Crippen LogP contribution is -2.35.